The van der Waals surface area contributed by atoms with Gasteiger partial charge in [-0.15, -0.1) is 11.3 Å². The van der Waals surface area contributed by atoms with Crippen molar-refractivity contribution in [2.75, 3.05) is 10.0 Å². The highest BCUT2D eigenvalue weighted by atomic mass is 32.2. The fourth-order valence-corrected chi connectivity index (χ4v) is 5.76. The van der Waals surface area contributed by atoms with Gasteiger partial charge in [-0.1, -0.05) is 18.2 Å². The Labute approximate surface area is 218 Å². The Hall–Kier alpha value is -4.15. The molecule has 10 heteroatoms. The lowest BCUT2D eigenvalue weighted by molar-refractivity contribution is 0.102. The highest BCUT2D eigenvalue weighted by Crippen LogP contribution is 2.30. The van der Waals surface area contributed by atoms with Gasteiger partial charge < -0.3 is 5.32 Å². The Morgan fingerprint density at radius 3 is 2.32 bits per heavy atom. The molecule has 8 nitrogen and oxygen atoms in total. The van der Waals surface area contributed by atoms with Gasteiger partial charge in [-0.05, 0) is 69.3 Å². The third kappa shape index (κ3) is 5.35. The van der Waals surface area contributed by atoms with Crippen LogP contribution in [0, 0.1) is 20.8 Å². The average Bonchev–Trinajstić information content (AvgIpc) is 3.29. The fraction of sp³-hybridized carbons (Fsp3) is 0.111. The van der Waals surface area contributed by atoms with Gasteiger partial charge in [0.2, 0.25) is 0 Å². The summed E-state index contributed by atoms with van der Waals surface area (Å²) >= 11 is 1.61. The van der Waals surface area contributed by atoms with E-state index in [1.807, 2.05) is 43.3 Å². The molecule has 0 fully saturated rings. The molecule has 5 rings (SSSR count). The number of aryl methyl sites for hydroxylation is 3. The first kappa shape index (κ1) is 24.5. The Morgan fingerprint density at radius 1 is 0.865 bits per heavy atom. The molecule has 186 valence electrons. The third-order valence-electron chi connectivity index (χ3n) is 5.58. The van der Waals surface area contributed by atoms with E-state index in [2.05, 4.69) is 20.0 Å². The van der Waals surface area contributed by atoms with Crippen molar-refractivity contribution in [2.45, 2.75) is 25.7 Å². The van der Waals surface area contributed by atoms with Gasteiger partial charge >= 0.3 is 0 Å². The number of rotatable bonds is 6. The number of aromatic nitrogens is 3. The summed E-state index contributed by atoms with van der Waals surface area (Å²) in [7, 11) is -3.87. The van der Waals surface area contributed by atoms with Crippen LogP contribution in [0.2, 0.25) is 0 Å². The number of carbonyl (C=O) groups is 1. The van der Waals surface area contributed by atoms with Crippen molar-refractivity contribution < 1.29 is 13.2 Å². The Morgan fingerprint density at radius 2 is 1.62 bits per heavy atom. The topological polar surface area (TPSA) is 114 Å². The van der Waals surface area contributed by atoms with Crippen LogP contribution in [0.25, 0.3) is 21.5 Å². The van der Waals surface area contributed by atoms with Crippen LogP contribution in [-0.4, -0.2) is 29.3 Å². The fourth-order valence-electron chi connectivity index (χ4n) is 3.94. The Bertz CT molecular complexity index is 1730. The van der Waals surface area contributed by atoms with Gasteiger partial charge in [0.05, 0.1) is 26.5 Å². The summed E-state index contributed by atoms with van der Waals surface area (Å²) in [4.78, 5) is 28.5. The minimum Gasteiger partial charge on any atom is -0.322 e. The largest absolute Gasteiger partial charge is 0.322 e. The molecule has 0 bridgehead atoms. The molecule has 3 heterocycles. The Kier molecular flexibility index (Phi) is 6.45. The van der Waals surface area contributed by atoms with Crippen LogP contribution in [0.4, 0.5) is 11.5 Å². The van der Waals surface area contributed by atoms with Crippen LogP contribution in [0.3, 0.4) is 0 Å². The summed E-state index contributed by atoms with van der Waals surface area (Å²) in [5.41, 5.74) is 3.06. The molecule has 0 aliphatic carbocycles. The Balaban J connectivity index is 1.40. The van der Waals surface area contributed by atoms with Crippen molar-refractivity contribution in [1.82, 2.24) is 15.0 Å². The van der Waals surface area contributed by atoms with Crippen molar-refractivity contribution >= 4 is 49.7 Å². The van der Waals surface area contributed by atoms with Gasteiger partial charge in [0.15, 0.2) is 0 Å². The second-order valence-electron chi connectivity index (χ2n) is 8.51. The number of sulfonamides is 1. The van der Waals surface area contributed by atoms with Gasteiger partial charge in [-0.3, -0.25) is 9.52 Å². The molecular formula is C27H23N5O3S2. The first-order valence-electron chi connectivity index (χ1n) is 11.4. The van der Waals surface area contributed by atoms with Crippen molar-refractivity contribution in [3.63, 3.8) is 0 Å². The first-order valence-corrected chi connectivity index (χ1v) is 13.7. The predicted octanol–water partition coefficient (Wildman–Crippen LogP) is 5.73. The summed E-state index contributed by atoms with van der Waals surface area (Å²) in [6, 6.07) is 20.8. The van der Waals surface area contributed by atoms with Crippen LogP contribution in [0.5, 0.6) is 0 Å². The maximum Gasteiger partial charge on any atom is 0.263 e. The molecule has 0 atom stereocenters. The third-order valence-corrected chi connectivity index (χ3v) is 7.97. The minimum absolute atomic E-state index is 0.0455. The van der Waals surface area contributed by atoms with Crippen molar-refractivity contribution in [3.8, 4) is 10.6 Å². The molecule has 1 amide bonds. The number of fused-ring (bicyclic) bond motifs is 1. The predicted molar refractivity (Wildman–Crippen MR) is 147 cm³/mol. The van der Waals surface area contributed by atoms with Gasteiger partial charge in [-0.2, -0.15) is 0 Å². The summed E-state index contributed by atoms with van der Waals surface area (Å²) in [6.45, 7) is 5.48. The lowest BCUT2D eigenvalue weighted by Crippen LogP contribution is -2.15. The number of benzene rings is 2. The maximum absolute atomic E-state index is 13.3. The molecule has 5 aromatic rings. The second-order valence-corrected chi connectivity index (χ2v) is 11.5. The minimum atomic E-state index is -3.87. The normalized spacial score (nSPS) is 11.4. The molecule has 37 heavy (non-hydrogen) atoms. The van der Waals surface area contributed by atoms with Gasteiger partial charge in [-0.25, -0.2) is 23.4 Å². The molecule has 0 aliphatic rings. The lowest BCUT2D eigenvalue weighted by atomic mass is 10.1. The van der Waals surface area contributed by atoms with E-state index in [-0.39, 0.29) is 16.6 Å². The monoisotopic (exact) mass is 529 g/mol. The number of carbonyl (C=O) groups excluding carboxylic acids is 1. The average molecular weight is 530 g/mol. The number of nitrogens with one attached hydrogen (secondary N) is 2. The highest BCUT2D eigenvalue weighted by molar-refractivity contribution is 7.92. The highest BCUT2D eigenvalue weighted by Gasteiger charge is 2.18. The van der Waals surface area contributed by atoms with Crippen LogP contribution < -0.4 is 10.0 Å². The number of amides is 1. The van der Waals surface area contributed by atoms with Crippen molar-refractivity contribution in [2.24, 2.45) is 0 Å². The van der Waals surface area contributed by atoms with Crippen molar-refractivity contribution in [3.05, 3.63) is 94.8 Å². The zero-order chi connectivity index (χ0) is 26.2. The SMILES string of the molecule is Cc1cc(NS(=O)(=O)c2ccc(NC(=O)c3cc(-c4ccc(C)s4)nc4ccccc34)cc2)nc(C)n1. The van der Waals surface area contributed by atoms with Crippen LogP contribution in [-0.2, 0) is 10.0 Å². The standard InChI is InChI=1S/C27H23N5O3S2/c1-16-14-26(29-18(3)28-16)32-37(34,35)20-11-9-19(10-12-20)30-27(33)22-15-24(25-13-8-17(2)36-25)31-23-7-5-4-6-21(22)23/h4-15H,1-3H3,(H,30,33)(H,28,29,32). The molecule has 0 aliphatic heterocycles. The van der Waals surface area contributed by atoms with Crippen molar-refractivity contribution in [1.29, 1.82) is 0 Å². The molecule has 0 saturated heterocycles. The van der Waals surface area contributed by atoms with E-state index in [1.54, 1.807) is 49.4 Å². The maximum atomic E-state index is 13.3. The lowest BCUT2D eigenvalue weighted by Gasteiger charge is -2.11. The van der Waals surface area contributed by atoms with Crippen LogP contribution >= 0.6 is 11.3 Å². The number of thiophene rings is 1. The number of anilines is 2. The van der Waals surface area contributed by atoms with Crippen LogP contribution in [0.1, 0.15) is 26.8 Å². The number of para-hydroxylation sites is 1. The number of pyridine rings is 1. The van der Waals surface area contributed by atoms with E-state index in [0.29, 0.717) is 22.8 Å². The molecule has 0 spiro atoms. The number of nitrogens with zero attached hydrogens (tertiary/aromatic N) is 3. The van der Waals surface area contributed by atoms with Gasteiger partial charge in [0, 0.05) is 27.7 Å². The summed E-state index contributed by atoms with van der Waals surface area (Å²) < 4.78 is 28.1. The summed E-state index contributed by atoms with van der Waals surface area (Å²) in [6.07, 6.45) is 0. The molecular weight excluding hydrogens is 506 g/mol. The molecule has 0 radical (unpaired) electrons. The zero-order valence-electron chi connectivity index (χ0n) is 20.3. The van der Waals surface area contributed by atoms with E-state index >= 15 is 0 Å². The molecule has 2 N–H and O–H groups in total. The molecule has 0 saturated carbocycles. The summed E-state index contributed by atoms with van der Waals surface area (Å²) in [5, 5.41) is 3.61. The smallest absolute Gasteiger partial charge is 0.263 e. The van der Waals surface area contributed by atoms with Gasteiger partial charge in [0.25, 0.3) is 15.9 Å². The summed E-state index contributed by atoms with van der Waals surface area (Å²) in [5.74, 6) is 0.356. The second kappa shape index (κ2) is 9.72. The first-order chi connectivity index (χ1) is 17.7. The zero-order valence-corrected chi connectivity index (χ0v) is 21.9. The molecule has 2 aromatic carbocycles. The molecule has 0 unspecified atom stereocenters. The quantitative estimate of drug-likeness (QED) is 0.290. The van der Waals surface area contributed by atoms with E-state index in [9.17, 15) is 13.2 Å². The molecule has 3 aromatic heterocycles. The number of hydrogen-bond donors (Lipinski definition) is 2. The number of hydrogen-bond acceptors (Lipinski definition) is 7. The van der Waals surface area contributed by atoms with Gasteiger partial charge in [0.1, 0.15) is 11.6 Å². The van der Waals surface area contributed by atoms with E-state index in [0.717, 1.165) is 26.4 Å². The van der Waals surface area contributed by atoms with E-state index in [4.69, 9.17) is 4.98 Å². The van der Waals surface area contributed by atoms with E-state index < -0.39 is 10.0 Å². The van der Waals surface area contributed by atoms with E-state index in [1.165, 1.54) is 12.1 Å². The van der Waals surface area contributed by atoms with Crippen LogP contribution in [0.15, 0.2) is 77.7 Å².